The number of hydrogen-bond donors (Lipinski definition) is 1. The van der Waals surface area contributed by atoms with Gasteiger partial charge < -0.3 is 5.11 Å². The Labute approximate surface area is 153 Å². The molecule has 1 amide bonds. The van der Waals surface area contributed by atoms with Gasteiger partial charge in [0.15, 0.2) is 0 Å². The lowest BCUT2D eigenvalue weighted by Crippen LogP contribution is -2.28. The van der Waals surface area contributed by atoms with Crippen LogP contribution in [0.5, 0.6) is 0 Å². The molecule has 5 nitrogen and oxygen atoms in total. The molecule has 0 bridgehead atoms. The molecule has 2 aromatic rings. The second-order valence-corrected chi connectivity index (χ2v) is 6.87. The van der Waals surface area contributed by atoms with Gasteiger partial charge in [0, 0.05) is 13.1 Å². The smallest absolute Gasteiger partial charge is 0.307 e. The van der Waals surface area contributed by atoms with Crippen LogP contribution in [0.1, 0.15) is 49.7 Å². The van der Waals surface area contributed by atoms with Crippen molar-refractivity contribution in [3.63, 3.8) is 0 Å². The molecule has 1 aliphatic rings. The number of carbonyl (C=O) groups excluding carboxylic acids is 1. The molecule has 0 unspecified atom stereocenters. The Balaban J connectivity index is 1.76. The van der Waals surface area contributed by atoms with Crippen molar-refractivity contribution in [2.45, 2.75) is 45.1 Å². The molecule has 1 N–H and O–H groups in total. The van der Waals surface area contributed by atoms with Crippen LogP contribution in [0.3, 0.4) is 0 Å². The average Bonchev–Trinajstić information content (AvgIpc) is 2.67. The van der Waals surface area contributed by atoms with Gasteiger partial charge in [0.1, 0.15) is 5.82 Å². The van der Waals surface area contributed by atoms with Crippen LogP contribution in [-0.4, -0.2) is 22.0 Å². The summed E-state index contributed by atoms with van der Waals surface area (Å²) in [6, 6.07) is 13.5. The summed E-state index contributed by atoms with van der Waals surface area (Å²) in [6.45, 7) is 1.97. The van der Waals surface area contributed by atoms with Crippen molar-refractivity contribution in [2.24, 2.45) is 5.92 Å². The van der Waals surface area contributed by atoms with E-state index in [4.69, 9.17) is 0 Å². The van der Waals surface area contributed by atoms with Gasteiger partial charge in [-0.3, -0.25) is 14.5 Å². The maximum absolute atomic E-state index is 12.0. The zero-order chi connectivity index (χ0) is 18.5. The third-order valence-corrected chi connectivity index (χ3v) is 5.14. The van der Waals surface area contributed by atoms with Crippen molar-refractivity contribution in [3.05, 3.63) is 59.8 Å². The number of nitrogens with zero attached hydrogens (tertiary/aromatic N) is 2. The minimum atomic E-state index is -0.698. The van der Waals surface area contributed by atoms with Crippen LogP contribution in [0.25, 0.3) is 0 Å². The van der Waals surface area contributed by atoms with Crippen LogP contribution in [0.4, 0.5) is 5.82 Å². The van der Waals surface area contributed by atoms with E-state index in [0.717, 1.165) is 36.8 Å². The number of carboxylic acid groups (broad SMARTS) is 1. The van der Waals surface area contributed by atoms with E-state index in [1.54, 1.807) is 11.1 Å². The molecule has 2 atom stereocenters. The summed E-state index contributed by atoms with van der Waals surface area (Å²) < 4.78 is 0. The molecule has 1 aliphatic carbocycles. The van der Waals surface area contributed by atoms with Crippen molar-refractivity contribution in [3.8, 4) is 0 Å². The van der Waals surface area contributed by atoms with Crippen LogP contribution in [0.2, 0.25) is 0 Å². The molecule has 3 rings (SSSR count). The summed E-state index contributed by atoms with van der Waals surface area (Å²) in [4.78, 5) is 29.4. The Morgan fingerprint density at radius 1 is 1.12 bits per heavy atom. The minimum Gasteiger partial charge on any atom is -0.481 e. The first-order valence-corrected chi connectivity index (χ1v) is 9.07. The number of aliphatic carboxylic acids is 1. The SMILES string of the molecule is CC(=O)N(Cc1ccc([C@@H]2CCCC[C@H]2C(=O)O)cc1)c1ccccn1. The number of rotatable bonds is 5. The first-order valence-electron chi connectivity index (χ1n) is 9.07. The van der Waals surface area contributed by atoms with Gasteiger partial charge in [-0.1, -0.05) is 43.2 Å². The van der Waals surface area contributed by atoms with E-state index < -0.39 is 5.97 Å². The fourth-order valence-electron chi connectivity index (χ4n) is 3.75. The maximum atomic E-state index is 12.0. The third kappa shape index (κ3) is 4.10. The van der Waals surface area contributed by atoms with Crippen LogP contribution >= 0.6 is 0 Å². The number of pyridine rings is 1. The first kappa shape index (κ1) is 18.1. The highest BCUT2D eigenvalue weighted by molar-refractivity contribution is 5.90. The second kappa shape index (κ2) is 8.13. The molecular weight excluding hydrogens is 328 g/mol. The highest BCUT2D eigenvalue weighted by Crippen LogP contribution is 2.38. The zero-order valence-electron chi connectivity index (χ0n) is 15.0. The molecule has 136 valence electrons. The normalized spacial score (nSPS) is 19.7. The van der Waals surface area contributed by atoms with Crippen molar-refractivity contribution < 1.29 is 14.7 Å². The molecule has 26 heavy (non-hydrogen) atoms. The van der Waals surface area contributed by atoms with E-state index in [-0.39, 0.29) is 17.7 Å². The van der Waals surface area contributed by atoms with Crippen LogP contribution in [0, 0.1) is 5.92 Å². The van der Waals surface area contributed by atoms with Crippen LogP contribution in [-0.2, 0) is 16.1 Å². The number of hydrogen-bond acceptors (Lipinski definition) is 3. The molecular formula is C21H24N2O3. The van der Waals surface area contributed by atoms with Crippen molar-refractivity contribution >= 4 is 17.7 Å². The van der Waals surface area contributed by atoms with Crippen molar-refractivity contribution in [1.29, 1.82) is 0 Å². The summed E-state index contributed by atoms with van der Waals surface area (Å²) in [5.41, 5.74) is 2.07. The summed E-state index contributed by atoms with van der Waals surface area (Å²) in [5, 5.41) is 9.48. The van der Waals surface area contributed by atoms with Gasteiger partial charge in [-0.25, -0.2) is 4.98 Å². The Morgan fingerprint density at radius 3 is 2.46 bits per heavy atom. The lowest BCUT2D eigenvalue weighted by Gasteiger charge is -2.29. The van der Waals surface area contributed by atoms with Gasteiger partial charge in [0.05, 0.1) is 12.5 Å². The maximum Gasteiger partial charge on any atom is 0.307 e. The zero-order valence-corrected chi connectivity index (χ0v) is 15.0. The van der Waals surface area contributed by atoms with E-state index in [2.05, 4.69) is 4.98 Å². The highest BCUT2D eigenvalue weighted by atomic mass is 16.4. The monoisotopic (exact) mass is 352 g/mol. The lowest BCUT2D eigenvalue weighted by atomic mass is 9.75. The predicted molar refractivity (Wildman–Crippen MR) is 99.9 cm³/mol. The Morgan fingerprint density at radius 2 is 1.85 bits per heavy atom. The second-order valence-electron chi connectivity index (χ2n) is 6.87. The third-order valence-electron chi connectivity index (χ3n) is 5.14. The Kier molecular flexibility index (Phi) is 5.66. The van der Waals surface area contributed by atoms with Gasteiger partial charge in [-0.05, 0) is 42.0 Å². The quantitative estimate of drug-likeness (QED) is 0.883. The molecule has 0 radical (unpaired) electrons. The summed E-state index contributed by atoms with van der Waals surface area (Å²) in [5.74, 6) is -0.350. The number of aromatic nitrogens is 1. The van der Waals surface area contributed by atoms with E-state index in [1.807, 2.05) is 42.5 Å². The van der Waals surface area contributed by atoms with E-state index in [1.165, 1.54) is 6.92 Å². The number of benzene rings is 1. The average molecular weight is 352 g/mol. The van der Waals surface area contributed by atoms with E-state index in [0.29, 0.717) is 12.4 Å². The number of carboxylic acids is 1. The van der Waals surface area contributed by atoms with Gasteiger partial charge in [-0.15, -0.1) is 0 Å². The number of amides is 1. The molecule has 5 heteroatoms. The highest BCUT2D eigenvalue weighted by Gasteiger charge is 2.31. The fourth-order valence-corrected chi connectivity index (χ4v) is 3.75. The lowest BCUT2D eigenvalue weighted by molar-refractivity contribution is -0.143. The molecule has 1 saturated carbocycles. The van der Waals surface area contributed by atoms with Crippen LogP contribution < -0.4 is 4.90 Å². The Bertz CT molecular complexity index is 759. The van der Waals surface area contributed by atoms with Crippen LogP contribution in [0.15, 0.2) is 48.7 Å². The van der Waals surface area contributed by atoms with Gasteiger partial charge >= 0.3 is 5.97 Å². The van der Waals surface area contributed by atoms with Gasteiger partial charge in [0.2, 0.25) is 5.91 Å². The molecule has 0 spiro atoms. The molecule has 1 aromatic heterocycles. The van der Waals surface area contributed by atoms with Gasteiger partial charge in [0.25, 0.3) is 0 Å². The fraction of sp³-hybridized carbons (Fsp3) is 0.381. The molecule has 0 saturated heterocycles. The first-order chi connectivity index (χ1) is 12.6. The molecule has 1 aromatic carbocycles. The standard InChI is InChI=1S/C21H24N2O3/c1-15(24)23(20-8-4-5-13-22-20)14-16-9-11-17(12-10-16)18-6-2-3-7-19(18)21(25)26/h4-5,8-13,18-19H,2-3,6-7,14H2,1H3,(H,25,26)/t18-,19+/m0/s1. The van der Waals surface area contributed by atoms with E-state index in [9.17, 15) is 14.7 Å². The topological polar surface area (TPSA) is 70.5 Å². The predicted octanol–water partition coefficient (Wildman–Crippen LogP) is 3.99. The van der Waals surface area contributed by atoms with Crippen molar-refractivity contribution in [1.82, 2.24) is 4.98 Å². The summed E-state index contributed by atoms with van der Waals surface area (Å²) in [7, 11) is 0. The largest absolute Gasteiger partial charge is 0.481 e. The molecule has 1 heterocycles. The Hall–Kier alpha value is -2.69. The number of carbonyl (C=O) groups is 2. The summed E-state index contributed by atoms with van der Waals surface area (Å²) in [6.07, 6.45) is 5.41. The minimum absolute atomic E-state index is 0.0639. The number of anilines is 1. The molecule has 0 aliphatic heterocycles. The summed E-state index contributed by atoms with van der Waals surface area (Å²) >= 11 is 0. The van der Waals surface area contributed by atoms with Crippen molar-refractivity contribution in [2.75, 3.05) is 4.90 Å². The van der Waals surface area contributed by atoms with E-state index >= 15 is 0 Å². The molecule has 1 fully saturated rings. The van der Waals surface area contributed by atoms with Gasteiger partial charge in [-0.2, -0.15) is 0 Å².